The van der Waals surface area contributed by atoms with Crippen LogP contribution in [0.2, 0.25) is 0 Å². The molecule has 0 heterocycles. The average Bonchev–Trinajstić information content (AvgIpc) is 2.68. The fraction of sp³-hybridized carbons (Fsp3) is 0.316. The van der Waals surface area contributed by atoms with Crippen molar-refractivity contribution >= 4 is 46.5 Å². The number of ether oxygens (including phenoxy) is 1. The highest BCUT2D eigenvalue weighted by Crippen LogP contribution is 2.34. The van der Waals surface area contributed by atoms with E-state index in [4.69, 9.17) is 27.7 Å². The number of aliphatic imine (C=N–C) groups is 1. The molecule has 1 atom stereocenters. The van der Waals surface area contributed by atoms with Crippen molar-refractivity contribution in [3.05, 3.63) is 35.9 Å². The number of rotatable bonds is 9. The Morgan fingerprint density at radius 2 is 1.86 bits per heavy atom. The number of nitrogens with one attached hydrogen (secondary N) is 1. The summed E-state index contributed by atoms with van der Waals surface area (Å²) in [6.07, 6.45) is 0.828. The number of carbonyl (C=O) groups excluding carboxylic acids is 2. The highest BCUT2D eigenvalue weighted by atomic mass is 35.5. The molecule has 0 bridgehead atoms. The van der Waals surface area contributed by atoms with Crippen molar-refractivity contribution < 1.29 is 14.3 Å². The van der Waals surface area contributed by atoms with Gasteiger partial charge < -0.3 is 33.0 Å². The number of benzene rings is 2. The van der Waals surface area contributed by atoms with Crippen molar-refractivity contribution in [3.8, 4) is 5.75 Å². The number of hydrogen-bond acceptors (Lipinski definition) is 6. The molecule has 0 saturated carbocycles. The molecule has 0 aliphatic rings. The van der Waals surface area contributed by atoms with Gasteiger partial charge in [0.05, 0.1) is 25.3 Å². The number of anilines is 1. The van der Waals surface area contributed by atoms with Crippen LogP contribution in [-0.4, -0.2) is 43.9 Å². The summed E-state index contributed by atoms with van der Waals surface area (Å²) >= 11 is 0. The van der Waals surface area contributed by atoms with Crippen LogP contribution in [0.3, 0.4) is 0 Å². The van der Waals surface area contributed by atoms with Crippen LogP contribution in [0.5, 0.6) is 5.75 Å². The van der Waals surface area contributed by atoms with E-state index in [1.54, 1.807) is 12.1 Å². The molecular weight excluding hydrogens is 396 g/mol. The number of halogens is 1. The van der Waals surface area contributed by atoms with E-state index in [0.29, 0.717) is 36.1 Å². The van der Waals surface area contributed by atoms with Gasteiger partial charge in [0, 0.05) is 23.7 Å². The van der Waals surface area contributed by atoms with Gasteiger partial charge in [0.25, 0.3) is 0 Å². The van der Waals surface area contributed by atoms with E-state index in [0.717, 1.165) is 5.39 Å². The van der Waals surface area contributed by atoms with Crippen molar-refractivity contribution in [3.63, 3.8) is 0 Å². The molecule has 0 spiro atoms. The van der Waals surface area contributed by atoms with Crippen molar-refractivity contribution in [1.29, 1.82) is 0 Å². The third-order valence-electron chi connectivity index (χ3n) is 4.29. The van der Waals surface area contributed by atoms with E-state index in [-0.39, 0.29) is 36.4 Å². The second-order valence-electron chi connectivity index (χ2n) is 6.23. The van der Waals surface area contributed by atoms with Gasteiger partial charge in [0.15, 0.2) is 11.7 Å². The van der Waals surface area contributed by atoms with Crippen LogP contribution in [-0.2, 0) is 4.79 Å². The maximum atomic E-state index is 13.3. The summed E-state index contributed by atoms with van der Waals surface area (Å²) in [5.41, 5.74) is 22.8. The fourth-order valence-corrected chi connectivity index (χ4v) is 3.01. The molecule has 2 aromatic carbocycles. The number of fused-ring (bicyclic) bond motifs is 1. The van der Waals surface area contributed by atoms with Crippen molar-refractivity contribution in [2.45, 2.75) is 18.9 Å². The van der Waals surface area contributed by atoms with Crippen molar-refractivity contribution in [1.82, 2.24) is 5.32 Å². The van der Waals surface area contributed by atoms with Crippen molar-refractivity contribution in [2.75, 3.05) is 25.9 Å². The molecule has 0 aromatic heterocycles. The van der Waals surface area contributed by atoms with E-state index >= 15 is 0 Å². The summed E-state index contributed by atoms with van der Waals surface area (Å²) in [4.78, 5) is 29.0. The van der Waals surface area contributed by atoms with Crippen LogP contribution >= 0.6 is 12.4 Å². The van der Waals surface area contributed by atoms with Gasteiger partial charge in [-0.05, 0) is 18.2 Å². The van der Waals surface area contributed by atoms with Crippen molar-refractivity contribution in [2.24, 2.45) is 22.2 Å². The molecule has 2 rings (SSSR count). The minimum Gasteiger partial charge on any atom is -0.496 e. The lowest BCUT2D eigenvalue weighted by Crippen LogP contribution is -2.44. The number of Topliss-reactive ketones (excluding diaryl/α,β-unsaturated/α-hetero) is 1. The first kappa shape index (κ1) is 24.0. The van der Waals surface area contributed by atoms with Gasteiger partial charge in [-0.3, -0.25) is 14.6 Å². The molecule has 9 nitrogen and oxygen atoms in total. The van der Waals surface area contributed by atoms with E-state index in [9.17, 15) is 9.59 Å². The third kappa shape index (κ3) is 5.97. The number of carbonyl (C=O) groups is 2. The standard InChI is InChI=1S/C19H26N6O3.ClH/c1-28-15-9-13(21)17(12-6-3-2-5-11(12)15)18(27)14(25-16(26)10-20)7-4-8-24-19(22)23;/h2-3,5-6,9,14H,4,7-8,10,20-21H2,1H3,(H,25,26)(H4,22,23,24);1H/t14-;/m0./s1. The van der Waals surface area contributed by atoms with Gasteiger partial charge in [0.1, 0.15) is 5.75 Å². The fourth-order valence-electron chi connectivity index (χ4n) is 3.01. The summed E-state index contributed by atoms with van der Waals surface area (Å²) in [6.45, 7) is 0.111. The maximum Gasteiger partial charge on any atom is 0.234 e. The third-order valence-corrected chi connectivity index (χ3v) is 4.29. The van der Waals surface area contributed by atoms with Gasteiger partial charge in [0.2, 0.25) is 5.91 Å². The quantitative estimate of drug-likeness (QED) is 0.129. The lowest BCUT2D eigenvalue weighted by molar-refractivity contribution is -0.120. The molecule has 0 radical (unpaired) electrons. The molecule has 158 valence electrons. The van der Waals surface area contributed by atoms with E-state index in [1.165, 1.54) is 7.11 Å². The molecule has 1 amide bonds. The minimum atomic E-state index is -0.802. The molecule has 10 heteroatoms. The normalized spacial score (nSPS) is 11.2. The van der Waals surface area contributed by atoms with Gasteiger partial charge in [-0.2, -0.15) is 0 Å². The zero-order valence-electron chi connectivity index (χ0n) is 16.2. The first-order chi connectivity index (χ1) is 13.4. The van der Waals surface area contributed by atoms with E-state index in [1.807, 2.05) is 18.2 Å². The summed E-state index contributed by atoms with van der Waals surface area (Å²) < 4.78 is 5.37. The zero-order chi connectivity index (χ0) is 20.7. The Balaban J connectivity index is 0.00000420. The smallest absolute Gasteiger partial charge is 0.234 e. The number of methoxy groups -OCH3 is 1. The molecule has 0 aliphatic carbocycles. The number of guanidine groups is 1. The number of hydrogen-bond donors (Lipinski definition) is 5. The van der Waals surface area contributed by atoms with E-state index < -0.39 is 11.9 Å². The van der Waals surface area contributed by atoms with Crippen LogP contribution in [0, 0.1) is 0 Å². The number of nitrogen functional groups attached to an aromatic ring is 1. The van der Waals surface area contributed by atoms with E-state index in [2.05, 4.69) is 10.3 Å². The van der Waals surface area contributed by atoms with Crippen LogP contribution in [0.1, 0.15) is 23.2 Å². The number of amides is 1. The molecule has 9 N–H and O–H groups in total. The predicted octanol–water partition coefficient (Wildman–Crippen LogP) is 0.532. The Labute approximate surface area is 175 Å². The Morgan fingerprint density at radius 3 is 2.45 bits per heavy atom. The SMILES string of the molecule is COc1cc(N)c(C(=O)[C@H](CCCN=C(N)N)NC(=O)CN)c2ccccc12.Cl. The van der Waals surface area contributed by atoms with Crippen LogP contribution < -0.4 is 33.0 Å². The first-order valence-corrected chi connectivity index (χ1v) is 8.83. The number of nitrogens with zero attached hydrogens (tertiary/aromatic N) is 1. The van der Waals surface area contributed by atoms with Crippen LogP contribution in [0.15, 0.2) is 35.3 Å². The van der Waals surface area contributed by atoms with Gasteiger partial charge in [-0.1, -0.05) is 24.3 Å². The summed E-state index contributed by atoms with van der Waals surface area (Å²) in [5.74, 6) is -0.196. The monoisotopic (exact) mass is 422 g/mol. The van der Waals surface area contributed by atoms with Gasteiger partial charge in [-0.25, -0.2) is 0 Å². The molecule has 0 aliphatic heterocycles. The van der Waals surface area contributed by atoms with Crippen LogP contribution in [0.4, 0.5) is 5.69 Å². The minimum absolute atomic E-state index is 0. The molecule has 0 fully saturated rings. The summed E-state index contributed by atoms with van der Waals surface area (Å²) in [6, 6.07) is 8.10. The molecule has 29 heavy (non-hydrogen) atoms. The Bertz CT molecular complexity index is 899. The largest absolute Gasteiger partial charge is 0.496 e. The highest BCUT2D eigenvalue weighted by Gasteiger charge is 2.26. The first-order valence-electron chi connectivity index (χ1n) is 8.83. The second-order valence-corrected chi connectivity index (χ2v) is 6.23. The Morgan fingerprint density at radius 1 is 1.21 bits per heavy atom. The summed E-state index contributed by atoms with van der Waals surface area (Å²) in [5, 5.41) is 4.07. The molecule has 0 saturated heterocycles. The number of nitrogens with two attached hydrogens (primary N) is 4. The predicted molar refractivity (Wildman–Crippen MR) is 117 cm³/mol. The van der Waals surface area contributed by atoms with Gasteiger partial charge in [-0.15, -0.1) is 12.4 Å². The lowest BCUT2D eigenvalue weighted by atomic mass is 9.93. The highest BCUT2D eigenvalue weighted by molar-refractivity contribution is 6.16. The number of ketones is 1. The topological polar surface area (TPSA) is 172 Å². The lowest BCUT2D eigenvalue weighted by Gasteiger charge is -2.20. The Kier molecular flexibility index (Phi) is 9.17. The molecule has 2 aromatic rings. The van der Waals surface area contributed by atoms with Crippen LogP contribution in [0.25, 0.3) is 10.8 Å². The molecular formula is C19H27ClN6O3. The second kappa shape index (κ2) is 11.1. The molecule has 0 unspecified atom stereocenters. The maximum absolute atomic E-state index is 13.3. The average molecular weight is 423 g/mol. The van der Waals surface area contributed by atoms with Gasteiger partial charge >= 0.3 is 0 Å². The Hall–Kier alpha value is -3.04. The zero-order valence-corrected chi connectivity index (χ0v) is 17.0. The summed E-state index contributed by atoms with van der Waals surface area (Å²) in [7, 11) is 1.54.